The van der Waals surface area contributed by atoms with Gasteiger partial charge in [0.2, 0.25) is 5.89 Å². The van der Waals surface area contributed by atoms with Gasteiger partial charge in [-0.2, -0.15) is 4.98 Å². The van der Waals surface area contributed by atoms with Gasteiger partial charge in [-0.05, 0) is 26.2 Å². The molecule has 1 aliphatic heterocycles. The van der Waals surface area contributed by atoms with E-state index in [9.17, 15) is 0 Å². The predicted octanol–water partition coefficient (Wildman–Crippen LogP) is 1.55. The zero-order valence-electron chi connectivity index (χ0n) is 9.90. The first-order valence-corrected chi connectivity index (χ1v) is 5.84. The second-order valence-electron chi connectivity index (χ2n) is 4.64. The Morgan fingerprint density at radius 1 is 1.56 bits per heavy atom. The Bertz CT molecular complexity index is 343. The summed E-state index contributed by atoms with van der Waals surface area (Å²) in [6, 6.07) is 0. The van der Waals surface area contributed by atoms with Crippen molar-refractivity contribution < 1.29 is 9.26 Å². The van der Waals surface area contributed by atoms with Crippen LogP contribution < -0.4 is 5.73 Å². The van der Waals surface area contributed by atoms with Crippen LogP contribution in [0.1, 0.15) is 50.7 Å². The van der Waals surface area contributed by atoms with Gasteiger partial charge < -0.3 is 15.0 Å². The molecular formula is C11H19N3O2. The smallest absolute Gasteiger partial charge is 0.232 e. The van der Waals surface area contributed by atoms with Crippen LogP contribution in [0.25, 0.3) is 0 Å². The van der Waals surface area contributed by atoms with Crippen LogP contribution in [0.15, 0.2) is 4.52 Å². The zero-order valence-corrected chi connectivity index (χ0v) is 9.90. The minimum absolute atomic E-state index is 0.239. The van der Waals surface area contributed by atoms with Crippen LogP contribution in [-0.2, 0) is 10.3 Å². The van der Waals surface area contributed by atoms with E-state index >= 15 is 0 Å². The molecule has 0 aliphatic carbocycles. The number of hydrogen-bond acceptors (Lipinski definition) is 5. The number of hydrogen-bond donors (Lipinski definition) is 1. The average Bonchev–Trinajstić information content (AvgIpc) is 2.80. The minimum Gasteiger partial charge on any atom is -0.381 e. The molecule has 2 heterocycles. The van der Waals surface area contributed by atoms with E-state index in [2.05, 4.69) is 10.1 Å². The summed E-state index contributed by atoms with van der Waals surface area (Å²) in [6.45, 7) is 5.44. The van der Waals surface area contributed by atoms with E-state index in [1.54, 1.807) is 0 Å². The van der Waals surface area contributed by atoms with Crippen molar-refractivity contribution in [3.8, 4) is 0 Å². The Morgan fingerprint density at radius 2 is 2.38 bits per heavy atom. The Balaban J connectivity index is 2.12. The van der Waals surface area contributed by atoms with Crippen LogP contribution in [0.3, 0.4) is 0 Å². The lowest BCUT2D eigenvalue weighted by Crippen LogP contribution is -2.33. The minimum atomic E-state index is -0.503. The fraction of sp³-hybridized carbons (Fsp3) is 0.818. The van der Waals surface area contributed by atoms with Crippen LogP contribution in [0.5, 0.6) is 0 Å². The van der Waals surface area contributed by atoms with E-state index in [-0.39, 0.29) is 5.92 Å². The molecular weight excluding hydrogens is 206 g/mol. The van der Waals surface area contributed by atoms with Crippen molar-refractivity contribution in [2.75, 3.05) is 13.2 Å². The first-order valence-electron chi connectivity index (χ1n) is 5.84. The molecule has 1 saturated heterocycles. The quantitative estimate of drug-likeness (QED) is 0.844. The highest BCUT2D eigenvalue weighted by molar-refractivity contribution is 5.03. The SMILES string of the molecule is CCC(C)(N)c1noc(C2CCCOC2)n1. The number of rotatable bonds is 3. The molecule has 2 unspecified atom stereocenters. The molecule has 1 aromatic heterocycles. The lowest BCUT2D eigenvalue weighted by Gasteiger charge is -2.19. The summed E-state index contributed by atoms with van der Waals surface area (Å²) >= 11 is 0. The Labute approximate surface area is 95.3 Å². The summed E-state index contributed by atoms with van der Waals surface area (Å²) in [5, 5.41) is 3.97. The maximum Gasteiger partial charge on any atom is 0.232 e. The van der Waals surface area contributed by atoms with Crippen molar-refractivity contribution in [3.05, 3.63) is 11.7 Å². The van der Waals surface area contributed by atoms with Crippen LogP contribution >= 0.6 is 0 Å². The number of nitrogens with two attached hydrogens (primary N) is 1. The van der Waals surface area contributed by atoms with Crippen molar-refractivity contribution >= 4 is 0 Å². The highest BCUT2D eigenvalue weighted by atomic mass is 16.5. The van der Waals surface area contributed by atoms with Crippen LogP contribution in [0.4, 0.5) is 0 Å². The summed E-state index contributed by atoms with van der Waals surface area (Å²) < 4.78 is 10.7. The second-order valence-corrected chi connectivity index (χ2v) is 4.64. The highest BCUT2D eigenvalue weighted by Crippen LogP contribution is 2.26. The van der Waals surface area contributed by atoms with Crippen molar-refractivity contribution in [2.24, 2.45) is 5.73 Å². The van der Waals surface area contributed by atoms with Crippen LogP contribution in [0.2, 0.25) is 0 Å². The van der Waals surface area contributed by atoms with E-state index in [0.717, 1.165) is 25.9 Å². The van der Waals surface area contributed by atoms with Gasteiger partial charge >= 0.3 is 0 Å². The van der Waals surface area contributed by atoms with Crippen LogP contribution in [-0.4, -0.2) is 23.4 Å². The molecule has 0 radical (unpaired) electrons. The normalized spacial score (nSPS) is 25.3. The summed E-state index contributed by atoms with van der Waals surface area (Å²) in [5.74, 6) is 1.50. The van der Waals surface area contributed by atoms with Gasteiger partial charge in [-0.3, -0.25) is 0 Å². The van der Waals surface area contributed by atoms with Crippen molar-refractivity contribution in [2.45, 2.75) is 44.6 Å². The van der Waals surface area contributed by atoms with E-state index in [0.29, 0.717) is 18.3 Å². The molecule has 5 heteroatoms. The molecule has 1 aromatic rings. The zero-order chi connectivity index (χ0) is 11.6. The van der Waals surface area contributed by atoms with Crippen molar-refractivity contribution in [3.63, 3.8) is 0 Å². The first-order chi connectivity index (χ1) is 7.63. The third kappa shape index (κ3) is 2.25. The predicted molar refractivity (Wildman–Crippen MR) is 58.9 cm³/mol. The summed E-state index contributed by atoms with van der Waals surface area (Å²) in [4.78, 5) is 4.39. The molecule has 0 amide bonds. The summed E-state index contributed by atoms with van der Waals surface area (Å²) in [7, 11) is 0. The number of ether oxygens (including phenoxy) is 1. The third-order valence-corrected chi connectivity index (χ3v) is 3.20. The molecule has 90 valence electrons. The maximum absolute atomic E-state index is 6.06. The Kier molecular flexibility index (Phi) is 3.25. The molecule has 0 bridgehead atoms. The summed E-state index contributed by atoms with van der Waals surface area (Å²) in [5.41, 5.74) is 5.56. The highest BCUT2D eigenvalue weighted by Gasteiger charge is 2.28. The van der Waals surface area contributed by atoms with Crippen LogP contribution in [0, 0.1) is 0 Å². The first kappa shape index (κ1) is 11.5. The molecule has 2 N–H and O–H groups in total. The number of aromatic nitrogens is 2. The standard InChI is InChI=1S/C11H19N3O2/c1-3-11(2,12)10-13-9(16-14-10)8-5-4-6-15-7-8/h8H,3-7,12H2,1-2H3. The van der Waals surface area contributed by atoms with E-state index in [1.165, 1.54) is 0 Å². The van der Waals surface area contributed by atoms with Gasteiger partial charge in [0.1, 0.15) is 0 Å². The van der Waals surface area contributed by atoms with Gasteiger partial charge in [0.25, 0.3) is 0 Å². The molecule has 0 saturated carbocycles. The van der Waals surface area contributed by atoms with Gasteiger partial charge in [-0.25, -0.2) is 0 Å². The van der Waals surface area contributed by atoms with Gasteiger partial charge in [0.15, 0.2) is 5.82 Å². The molecule has 0 spiro atoms. The largest absolute Gasteiger partial charge is 0.381 e. The Hall–Kier alpha value is -0.940. The molecule has 1 aliphatic rings. The lowest BCUT2D eigenvalue weighted by molar-refractivity contribution is 0.0705. The molecule has 2 atom stereocenters. The average molecular weight is 225 g/mol. The Morgan fingerprint density at radius 3 is 3.00 bits per heavy atom. The molecule has 16 heavy (non-hydrogen) atoms. The molecule has 0 aromatic carbocycles. The van der Waals surface area contributed by atoms with Crippen molar-refractivity contribution in [1.82, 2.24) is 10.1 Å². The van der Waals surface area contributed by atoms with Gasteiger partial charge in [-0.15, -0.1) is 0 Å². The van der Waals surface area contributed by atoms with Crippen molar-refractivity contribution in [1.29, 1.82) is 0 Å². The van der Waals surface area contributed by atoms with E-state index in [4.69, 9.17) is 15.0 Å². The number of nitrogens with zero attached hydrogens (tertiary/aromatic N) is 2. The van der Waals surface area contributed by atoms with Gasteiger partial charge in [-0.1, -0.05) is 12.1 Å². The van der Waals surface area contributed by atoms with E-state index < -0.39 is 5.54 Å². The van der Waals surface area contributed by atoms with Gasteiger partial charge in [0.05, 0.1) is 18.1 Å². The maximum atomic E-state index is 6.06. The third-order valence-electron chi connectivity index (χ3n) is 3.20. The van der Waals surface area contributed by atoms with Gasteiger partial charge in [0, 0.05) is 6.61 Å². The summed E-state index contributed by atoms with van der Waals surface area (Å²) in [6.07, 6.45) is 2.89. The molecule has 2 rings (SSSR count). The lowest BCUT2D eigenvalue weighted by atomic mass is 9.99. The van der Waals surface area contributed by atoms with E-state index in [1.807, 2.05) is 13.8 Å². The molecule has 1 fully saturated rings. The fourth-order valence-corrected chi connectivity index (χ4v) is 1.73. The second kappa shape index (κ2) is 4.51. The topological polar surface area (TPSA) is 74.2 Å². The fourth-order valence-electron chi connectivity index (χ4n) is 1.73. The monoisotopic (exact) mass is 225 g/mol. The molecule has 5 nitrogen and oxygen atoms in total.